The molecule has 0 N–H and O–H groups in total. The lowest BCUT2D eigenvalue weighted by Crippen LogP contribution is -2.49. The number of methoxy groups -OCH3 is 1. The fourth-order valence-corrected chi connectivity index (χ4v) is 6.06. The number of amidine groups is 1. The lowest BCUT2D eigenvalue weighted by atomic mass is 9.65. The average Bonchev–Trinajstić information content (AvgIpc) is 3.22. The van der Waals surface area contributed by atoms with E-state index in [2.05, 4.69) is 15.9 Å². The van der Waals surface area contributed by atoms with Gasteiger partial charge in [0.15, 0.2) is 11.5 Å². The van der Waals surface area contributed by atoms with Crippen LogP contribution in [0.15, 0.2) is 26.6 Å². The minimum atomic E-state index is -1.13. The number of amides is 2. The molecule has 0 aromatic heterocycles. The van der Waals surface area contributed by atoms with Gasteiger partial charge in [-0.3, -0.25) is 4.99 Å². The number of carbonyl (C=O) groups excluding carboxylic acids is 2. The van der Waals surface area contributed by atoms with Crippen molar-refractivity contribution in [2.75, 3.05) is 7.11 Å². The molecule has 1 aromatic rings. The van der Waals surface area contributed by atoms with Gasteiger partial charge in [-0.2, -0.15) is 4.90 Å². The SMILES string of the molecule is COC1CCC2(CC1)Cc1cc(F)c(Br)cc1C21N=C(C)C(N(C(=O)OC(C)(C)C)C(=O)OC(C)(C)C)=N1. The van der Waals surface area contributed by atoms with Crippen LogP contribution in [0, 0.1) is 11.2 Å². The van der Waals surface area contributed by atoms with Crippen molar-refractivity contribution in [2.24, 2.45) is 15.4 Å². The first-order valence-electron chi connectivity index (χ1n) is 12.9. The number of fused-ring (bicyclic) bond motifs is 3. The van der Waals surface area contributed by atoms with Gasteiger partial charge in [0.2, 0.25) is 0 Å². The minimum Gasteiger partial charge on any atom is -0.443 e. The summed E-state index contributed by atoms with van der Waals surface area (Å²) in [6.45, 7) is 12.1. The molecular weight excluding hydrogens is 557 g/mol. The van der Waals surface area contributed by atoms with E-state index in [0.29, 0.717) is 16.6 Å². The number of imide groups is 1. The summed E-state index contributed by atoms with van der Waals surface area (Å²) in [6, 6.07) is 3.27. The van der Waals surface area contributed by atoms with Crippen molar-refractivity contribution in [2.45, 2.75) is 104 Å². The number of benzene rings is 1. The van der Waals surface area contributed by atoms with Gasteiger partial charge in [-0.25, -0.2) is 19.0 Å². The van der Waals surface area contributed by atoms with E-state index in [-0.39, 0.29) is 17.8 Å². The predicted molar refractivity (Wildman–Crippen MR) is 146 cm³/mol. The molecule has 10 heteroatoms. The highest BCUT2D eigenvalue weighted by atomic mass is 79.9. The molecule has 8 nitrogen and oxygen atoms in total. The summed E-state index contributed by atoms with van der Waals surface area (Å²) in [5.41, 5.74) is -1.31. The van der Waals surface area contributed by atoms with E-state index in [1.165, 1.54) is 6.07 Å². The van der Waals surface area contributed by atoms with Crippen molar-refractivity contribution in [1.82, 2.24) is 4.90 Å². The quantitative estimate of drug-likeness (QED) is 0.352. The van der Waals surface area contributed by atoms with Crippen molar-refractivity contribution < 1.29 is 28.2 Å². The van der Waals surface area contributed by atoms with Crippen LogP contribution in [0.25, 0.3) is 0 Å². The van der Waals surface area contributed by atoms with Crippen molar-refractivity contribution >= 4 is 39.7 Å². The molecule has 1 unspecified atom stereocenters. The van der Waals surface area contributed by atoms with Gasteiger partial charge in [0.05, 0.1) is 16.3 Å². The van der Waals surface area contributed by atoms with E-state index in [4.69, 9.17) is 24.2 Å². The Labute approximate surface area is 232 Å². The maximum absolute atomic E-state index is 14.7. The summed E-state index contributed by atoms with van der Waals surface area (Å²) in [4.78, 5) is 37.8. The van der Waals surface area contributed by atoms with Gasteiger partial charge in [0.25, 0.3) is 0 Å². The lowest BCUT2D eigenvalue weighted by molar-refractivity contribution is -0.000901. The fraction of sp³-hybridized carbons (Fsp3) is 0.643. The van der Waals surface area contributed by atoms with E-state index < -0.39 is 34.5 Å². The topological polar surface area (TPSA) is 89.8 Å². The Bertz CT molecular complexity index is 1180. The molecule has 2 aliphatic carbocycles. The molecule has 0 saturated heterocycles. The predicted octanol–water partition coefficient (Wildman–Crippen LogP) is 6.92. The van der Waals surface area contributed by atoms with E-state index in [1.54, 1.807) is 61.6 Å². The Morgan fingerprint density at radius 1 is 1.03 bits per heavy atom. The number of rotatable bonds is 1. The largest absolute Gasteiger partial charge is 0.443 e. The summed E-state index contributed by atoms with van der Waals surface area (Å²) in [6.07, 6.45) is 2.00. The van der Waals surface area contributed by atoms with Crippen LogP contribution in [-0.2, 0) is 26.3 Å². The summed E-state index contributed by atoms with van der Waals surface area (Å²) >= 11 is 3.33. The molecule has 1 saturated carbocycles. The third-order valence-electron chi connectivity index (χ3n) is 7.30. The molecule has 1 fully saturated rings. The van der Waals surface area contributed by atoms with E-state index in [9.17, 15) is 14.0 Å². The van der Waals surface area contributed by atoms with Crippen LogP contribution in [0.2, 0.25) is 0 Å². The summed E-state index contributed by atoms with van der Waals surface area (Å²) in [5.74, 6) is -0.274. The molecule has 4 rings (SSSR count). The van der Waals surface area contributed by atoms with Crippen molar-refractivity contribution in [1.29, 1.82) is 0 Å². The Morgan fingerprint density at radius 2 is 1.58 bits per heavy atom. The van der Waals surface area contributed by atoms with Crippen molar-refractivity contribution in [3.8, 4) is 0 Å². The number of ether oxygens (including phenoxy) is 3. The second-order valence-electron chi connectivity index (χ2n) is 12.4. The molecule has 1 aliphatic heterocycles. The molecule has 0 bridgehead atoms. The molecule has 208 valence electrons. The zero-order chi connectivity index (χ0) is 28.3. The Hall–Kier alpha value is -2.33. The maximum atomic E-state index is 14.7. The first kappa shape index (κ1) is 28.7. The third-order valence-corrected chi connectivity index (χ3v) is 7.91. The van der Waals surface area contributed by atoms with Crippen LogP contribution in [0.4, 0.5) is 14.0 Å². The van der Waals surface area contributed by atoms with Gasteiger partial charge in [-0.15, -0.1) is 0 Å². The Kier molecular flexibility index (Phi) is 7.32. The van der Waals surface area contributed by atoms with Crippen molar-refractivity contribution in [3.05, 3.63) is 33.5 Å². The van der Waals surface area contributed by atoms with Gasteiger partial charge in [0, 0.05) is 18.1 Å². The molecule has 0 radical (unpaired) electrons. The van der Waals surface area contributed by atoms with Crippen LogP contribution in [-0.4, -0.2) is 53.0 Å². The van der Waals surface area contributed by atoms with Gasteiger partial charge in [-0.05, 0) is 114 Å². The molecule has 1 aromatic carbocycles. The van der Waals surface area contributed by atoms with E-state index in [1.807, 2.05) is 0 Å². The van der Waals surface area contributed by atoms with Gasteiger partial charge < -0.3 is 14.2 Å². The van der Waals surface area contributed by atoms with E-state index in [0.717, 1.165) is 41.7 Å². The first-order valence-corrected chi connectivity index (χ1v) is 13.7. The second-order valence-corrected chi connectivity index (χ2v) is 13.3. The zero-order valence-electron chi connectivity index (χ0n) is 23.4. The smallest absolute Gasteiger partial charge is 0.425 e. The van der Waals surface area contributed by atoms with E-state index >= 15 is 0 Å². The molecule has 3 aliphatic rings. The van der Waals surface area contributed by atoms with Crippen LogP contribution < -0.4 is 0 Å². The van der Waals surface area contributed by atoms with Gasteiger partial charge in [-0.1, -0.05) is 0 Å². The van der Waals surface area contributed by atoms with Crippen molar-refractivity contribution in [3.63, 3.8) is 0 Å². The number of carbonyl (C=O) groups is 2. The Morgan fingerprint density at radius 3 is 2.08 bits per heavy atom. The first-order chi connectivity index (χ1) is 17.5. The molecule has 2 amide bonds. The minimum absolute atomic E-state index is 0.0787. The highest BCUT2D eigenvalue weighted by molar-refractivity contribution is 9.10. The highest BCUT2D eigenvalue weighted by Gasteiger charge is 2.62. The molecule has 38 heavy (non-hydrogen) atoms. The zero-order valence-corrected chi connectivity index (χ0v) is 25.0. The second kappa shape index (κ2) is 9.70. The molecule has 2 spiro atoms. The van der Waals surface area contributed by atoms with Crippen LogP contribution >= 0.6 is 15.9 Å². The number of halogens is 2. The molecule has 1 atom stereocenters. The van der Waals surface area contributed by atoms with Crippen LogP contribution in [0.1, 0.15) is 85.3 Å². The number of hydrogen-bond acceptors (Lipinski definition) is 7. The lowest BCUT2D eigenvalue weighted by Gasteiger charge is -2.44. The van der Waals surface area contributed by atoms with Gasteiger partial charge in [0.1, 0.15) is 17.0 Å². The summed E-state index contributed by atoms with van der Waals surface area (Å²) < 4.78 is 31.8. The third kappa shape index (κ3) is 5.13. The number of hydrogen-bond donors (Lipinski definition) is 0. The highest BCUT2D eigenvalue weighted by Crippen LogP contribution is 2.62. The van der Waals surface area contributed by atoms with Crippen LogP contribution in [0.3, 0.4) is 0 Å². The Balaban J connectivity index is 1.88. The summed E-state index contributed by atoms with van der Waals surface area (Å²) in [7, 11) is 1.71. The standard InChI is InChI=1S/C28H37BrFN3O5/c1-16-22(33(23(34)37-25(2,3)4)24(35)38-26(5,6)7)32-28(31-16)19-14-20(29)21(30)13-17(19)15-27(28)11-9-18(36-8)10-12-27/h13-14,18H,9-12,15H2,1-8H3. The molecular formula is C28H37BrFN3O5. The monoisotopic (exact) mass is 593 g/mol. The normalized spacial score (nSPS) is 26.7. The van der Waals surface area contributed by atoms with Crippen LogP contribution in [0.5, 0.6) is 0 Å². The number of nitrogens with zero attached hydrogens (tertiary/aromatic N) is 3. The van der Waals surface area contributed by atoms with Gasteiger partial charge >= 0.3 is 12.2 Å². The molecule has 1 heterocycles. The maximum Gasteiger partial charge on any atom is 0.425 e. The fourth-order valence-electron chi connectivity index (χ4n) is 5.72. The average molecular weight is 595 g/mol. The number of aliphatic imine (C=N–C) groups is 2. The summed E-state index contributed by atoms with van der Waals surface area (Å²) in [5, 5.41) is 0.